The third kappa shape index (κ3) is 19.9. The molecule has 340 valence electrons. The van der Waals surface area contributed by atoms with Gasteiger partial charge < -0.3 is 58.3 Å². The number of nitrogens with two attached hydrogens (primary N) is 1. The fraction of sp³-hybridized carbons (Fsp3) is 0.590. The summed E-state index contributed by atoms with van der Waals surface area (Å²) in [5.41, 5.74) is 6.48. The van der Waals surface area contributed by atoms with Crippen LogP contribution in [0.3, 0.4) is 0 Å². The van der Waals surface area contributed by atoms with Gasteiger partial charge in [-0.15, -0.1) is 0 Å². The van der Waals surface area contributed by atoms with Crippen LogP contribution in [0.5, 0.6) is 0 Å². The molecule has 0 unspecified atom stereocenters. The smallest absolute Gasteiger partial charge is 0.326 e. The lowest BCUT2D eigenvalue weighted by Gasteiger charge is -2.28. The molecule has 1 rings (SSSR count). The Bertz CT molecular complexity index is 1710. The number of carboxylic acids is 3. The van der Waals surface area contributed by atoms with E-state index in [1.165, 1.54) is 27.7 Å². The highest BCUT2D eigenvalue weighted by molar-refractivity contribution is 7.80. The van der Waals surface area contributed by atoms with Gasteiger partial charge in [0.15, 0.2) is 0 Å². The van der Waals surface area contributed by atoms with E-state index in [2.05, 4.69) is 49.8 Å². The second-order valence-electron chi connectivity index (χ2n) is 15.5. The van der Waals surface area contributed by atoms with Crippen molar-refractivity contribution in [3.8, 4) is 0 Å². The van der Waals surface area contributed by atoms with Gasteiger partial charge in [-0.2, -0.15) is 12.6 Å². The summed E-state index contributed by atoms with van der Waals surface area (Å²) in [4.78, 5) is 127. The first kappa shape index (κ1) is 53.2. The largest absolute Gasteiger partial charge is 0.481 e. The molecule has 21 nitrogen and oxygen atoms in total. The molecule has 0 bridgehead atoms. The van der Waals surface area contributed by atoms with Crippen molar-refractivity contribution in [2.24, 2.45) is 23.5 Å². The van der Waals surface area contributed by atoms with Crippen LogP contribution < -0.4 is 43.0 Å². The fourth-order valence-corrected chi connectivity index (χ4v) is 5.95. The standard InChI is InChI=1S/C39H60N8O13S/c1-19(2)14-23(40)33(53)45-27(18-61)34(54)41-17-28(48)46-31(20(3)4)37(57)42-24(12-13-29(49)50)35(55)43-25(16-30(51)52)36(56)47-32(21(5)6)38(58)44-26(39(59)60)15-22-10-8-7-9-11-22/h7-11,19-21,23-27,31-32,61H,12-18,40H2,1-6H3,(H,41,54)(H,42,57)(H,43,55)(H,44,58)(H,45,53)(H,46,48)(H,47,56)(H,49,50)(H,51,52)(H,59,60)/t23-,24-,25-,26-,27-,31-,32-/m0/s1. The molecule has 1 aromatic carbocycles. The molecule has 0 saturated heterocycles. The van der Waals surface area contributed by atoms with E-state index >= 15 is 0 Å². The third-order valence-electron chi connectivity index (χ3n) is 9.00. The summed E-state index contributed by atoms with van der Waals surface area (Å²) < 4.78 is 0. The van der Waals surface area contributed by atoms with Crippen molar-refractivity contribution in [1.82, 2.24) is 37.2 Å². The molecule has 0 aromatic heterocycles. The van der Waals surface area contributed by atoms with Gasteiger partial charge in [0.1, 0.15) is 36.3 Å². The molecule has 22 heteroatoms. The molecule has 12 N–H and O–H groups in total. The summed E-state index contributed by atoms with van der Waals surface area (Å²) >= 11 is 4.08. The number of rotatable bonds is 27. The number of hydrogen-bond acceptors (Lipinski definition) is 12. The van der Waals surface area contributed by atoms with Crippen LogP contribution in [0.25, 0.3) is 0 Å². The summed E-state index contributed by atoms with van der Waals surface area (Å²) in [6.45, 7) is 9.22. The highest BCUT2D eigenvalue weighted by atomic mass is 32.1. The quantitative estimate of drug-likeness (QED) is 0.0439. The number of amides is 7. The average Bonchev–Trinajstić information content (AvgIpc) is 3.17. The van der Waals surface area contributed by atoms with Gasteiger partial charge in [-0.25, -0.2) is 4.79 Å². The first-order valence-electron chi connectivity index (χ1n) is 19.6. The van der Waals surface area contributed by atoms with Gasteiger partial charge in [0, 0.05) is 18.6 Å². The Morgan fingerprint density at radius 2 is 1.11 bits per heavy atom. The molecule has 0 heterocycles. The van der Waals surface area contributed by atoms with Crippen molar-refractivity contribution in [3.05, 3.63) is 35.9 Å². The maximum Gasteiger partial charge on any atom is 0.326 e. The molecule has 7 atom stereocenters. The summed E-state index contributed by atoms with van der Waals surface area (Å²) in [7, 11) is 0. The first-order valence-corrected chi connectivity index (χ1v) is 20.3. The van der Waals surface area contributed by atoms with Crippen molar-refractivity contribution in [3.63, 3.8) is 0 Å². The van der Waals surface area contributed by atoms with Crippen LogP contribution in [0.1, 0.15) is 72.8 Å². The van der Waals surface area contributed by atoms with E-state index in [1.54, 1.807) is 30.3 Å². The lowest BCUT2D eigenvalue weighted by molar-refractivity contribution is -0.143. The van der Waals surface area contributed by atoms with Crippen LogP contribution in [0.15, 0.2) is 30.3 Å². The number of nitrogens with one attached hydrogen (secondary N) is 7. The Balaban J connectivity index is 3.14. The van der Waals surface area contributed by atoms with Crippen molar-refractivity contribution in [1.29, 1.82) is 0 Å². The SMILES string of the molecule is CC(C)C[C@H](N)C(=O)N[C@@H](CS)C(=O)NCC(=O)N[C@H](C(=O)N[C@@H](CCC(=O)O)C(=O)N[C@@H](CC(=O)O)C(=O)N[C@H](C(=O)N[C@@H](Cc1ccccc1)C(=O)O)C(C)C)C(C)C. The van der Waals surface area contributed by atoms with Gasteiger partial charge in [-0.1, -0.05) is 71.9 Å². The van der Waals surface area contributed by atoms with Gasteiger partial charge >= 0.3 is 17.9 Å². The van der Waals surface area contributed by atoms with Gasteiger partial charge in [0.2, 0.25) is 41.4 Å². The van der Waals surface area contributed by atoms with E-state index in [1.807, 2.05) is 13.8 Å². The minimum absolute atomic E-state index is 0.0911. The average molecular weight is 881 g/mol. The zero-order chi connectivity index (χ0) is 46.6. The molecule has 1 aromatic rings. The summed E-state index contributed by atoms with van der Waals surface area (Å²) in [5, 5.41) is 45.2. The summed E-state index contributed by atoms with van der Waals surface area (Å²) in [6, 6.07) is -1.34. The number of thiol groups is 1. The molecule has 61 heavy (non-hydrogen) atoms. The molecule has 0 radical (unpaired) electrons. The Kier molecular flexibility index (Phi) is 23.1. The zero-order valence-electron chi connectivity index (χ0n) is 35.1. The number of aliphatic carboxylic acids is 3. The zero-order valence-corrected chi connectivity index (χ0v) is 36.0. The molecule has 0 aliphatic heterocycles. The monoisotopic (exact) mass is 880 g/mol. The van der Waals surface area contributed by atoms with Crippen molar-refractivity contribution < 1.29 is 63.3 Å². The lowest BCUT2D eigenvalue weighted by Crippen LogP contribution is -2.60. The Labute approximate surface area is 359 Å². The maximum atomic E-state index is 13.6. The Morgan fingerprint density at radius 3 is 1.61 bits per heavy atom. The van der Waals surface area contributed by atoms with Crippen LogP contribution in [0.2, 0.25) is 0 Å². The van der Waals surface area contributed by atoms with E-state index < -0.39 is 139 Å². The van der Waals surface area contributed by atoms with E-state index in [0.29, 0.717) is 12.0 Å². The van der Waals surface area contributed by atoms with Crippen LogP contribution in [0.4, 0.5) is 0 Å². The van der Waals surface area contributed by atoms with Crippen LogP contribution in [-0.4, -0.2) is 129 Å². The highest BCUT2D eigenvalue weighted by Crippen LogP contribution is 2.10. The topological polar surface area (TPSA) is 342 Å². The first-order chi connectivity index (χ1) is 28.5. The molecule has 0 saturated carbocycles. The van der Waals surface area contributed by atoms with Crippen molar-refractivity contribution in [2.45, 2.75) is 116 Å². The van der Waals surface area contributed by atoms with Crippen molar-refractivity contribution in [2.75, 3.05) is 12.3 Å². The second kappa shape index (κ2) is 26.4. The van der Waals surface area contributed by atoms with Crippen LogP contribution >= 0.6 is 12.6 Å². The normalized spacial score (nSPS) is 14.5. The number of carbonyl (C=O) groups excluding carboxylic acids is 7. The maximum absolute atomic E-state index is 13.6. The molecule has 0 aliphatic rings. The van der Waals surface area contributed by atoms with E-state index in [4.69, 9.17) is 5.73 Å². The molecular formula is C39H60N8O13S. The number of benzene rings is 1. The number of carbonyl (C=O) groups is 10. The second-order valence-corrected chi connectivity index (χ2v) is 15.8. The molecule has 0 fully saturated rings. The lowest BCUT2D eigenvalue weighted by atomic mass is 10.0. The molecule has 0 spiro atoms. The molecular weight excluding hydrogens is 821 g/mol. The van der Waals surface area contributed by atoms with Gasteiger partial charge in [-0.05, 0) is 36.2 Å². The molecule has 7 amide bonds. The van der Waals surface area contributed by atoms with E-state index in [-0.39, 0.29) is 18.1 Å². The van der Waals surface area contributed by atoms with Crippen molar-refractivity contribution >= 4 is 71.9 Å². The predicted octanol–water partition coefficient (Wildman–Crippen LogP) is -1.71. The summed E-state index contributed by atoms with van der Waals surface area (Å²) in [5.74, 6) is -12.0. The third-order valence-corrected chi connectivity index (χ3v) is 9.37. The predicted molar refractivity (Wildman–Crippen MR) is 222 cm³/mol. The van der Waals surface area contributed by atoms with Gasteiger partial charge in [-0.3, -0.25) is 43.2 Å². The van der Waals surface area contributed by atoms with Gasteiger partial charge in [0.05, 0.1) is 19.0 Å². The minimum atomic E-state index is -1.87. The fourth-order valence-electron chi connectivity index (χ4n) is 5.69. The van der Waals surface area contributed by atoms with Crippen LogP contribution in [-0.2, 0) is 54.4 Å². The van der Waals surface area contributed by atoms with Crippen LogP contribution in [0, 0.1) is 17.8 Å². The summed E-state index contributed by atoms with van der Waals surface area (Å²) in [6.07, 6.45) is -1.97. The van der Waals surface area contributed by atoms with Gasteiger partial charge in [0.25, 0.3) is 0 Å². The number of carboxylic acid groups (broad SMARTS) is 3. The highest BCUT2D eigenvalue weighted by Gasteiger charge is 2.35. The Morgan fingerprint density at radius 1 is 0.607 bits per heavy atom. The van der Waals surface area contributed by atoms with E-state index in [0.717, 1.165) is 0 Å². The minimum Gasteiger partial charge on any atom is -0.481 e. The van der Waals surface area contributed by atoms with E-state index in [9.17, 15) is 63.3 Å². The Hall–Kier alpha value is -5.77. The number of hydrogen-bond donors (Lipinski definition) is 12. The molecule has 0 aliphatic carbocycles.